The second kappa shape index (κ2) is 3.68. The van der Waals surface area contributed by atoms with E-state index in [1.165, 1.54) is 0 Å². The lowest BCUT2D eigenvalue weighted by molar-refractivity contribution is -0.175. The van der Waals surface area contributed by atoms with E-state index in [-0.39, 0.29) is 18.2 Å². The van der Waals surface area contributed by atoms with Crippen molar-refractivity contribution in [2.45, 2.75) is 42.1 Å². The number of thioether (sulfide) groups is 1. The Balaban J connectivity index is 2.23. The van der Waals surface area contributed by atoms with Crippen LogP contribution in [0.25, 0.3) is 0 Å². The predicted octanol–water partition coefficient (Wildman–Crippen LogP) is 4.08. The van der Waals surface area contributed by atoms with Crippen LogP contribution in [-0.2, 0) is 0 Å². The van der Waals surface area contributed by atoms with Gasteiger partial charge in [-0.15, -0.1) is 0 Å². The van der Waals surface area contributed by atoms with Gasteiger partial charge in [0.05, 0.1) is 0 Å². The zero-order chi connectivity index (χ0) is 11.1. The highest BCUT2D eigenvalue weighted by molar-refractivity contribution is 8.01. The molecule has 0 spiro atoms. The normalized spacial score (nSPS) is 38.1. The van der Waals surface area contributed by atoms with Gasteiger partial charge in [-0.1, -0.05) is 23.9 Å². The summed E-state index contributed by atoms with van der Waals surface area (Å²) in [4.78, 5) is 0. The first kappa shape index (κ1) is 11.3. The topological polar surface area (TPSA) is 0 Å². The predicted molar refractivity (Wildman–Crippen MR) is 52.4 cm³/mol. The zero-order valence-corrected chi connectivity index (χ0v) is 8.87. The Labute approximate surface area is 90.1 Å². The molecular formula is C10H12F4S. The monoisotopic (exact) mass is 240 g/mol. The molecule has 15 heavy (non-hydrogen) atoms. The third-order valence-corrected chi connectivity index (χ3v) is 4.47. The molecule has 0 nitrogen and oxygen atoms in total. The van der Waals surface area contributed by atoms with Gasteiger partial charge in [0.15, 0.2) is 0 Å². The van der Waals surface area contributed by atoms with E-state index in [9.17, 15) is 17.6 Å². The van der Waals surface area contributed by atoms with Crippen molar-refractivity contribution in [3.05, 3.63) is 12.2 Å². The van der Waals surface area contributed by atoms with Gasteiger partial charge in [-0.05, 0) is 25.7 Å². The molecule has 5 heteroatoms. The van der Waals surface area contributed by atoms with Crippen molar-refractivity contribution in [3.8, 4) is 0 Å². The molecule has 1 saturated heterocycles. The van der Waals surface area contributed by atoms with Gasteiger partial charge in [-0.25, -0.2) is 0 Å². The van der Waals surface area contributed by atoms with E-state index in [1.807, 2.05) is 12.2 Å². The van der Waals surface area contributed by atoms with Crippen molar-refractivity contribution >= 4 is 11.8 Å². The first-order valence-electron chi connectivity index (χ1n) is 5.03. The molecular weight excluding hydrogens is 228 g/mol. The van der Waals surface area contributed by atoms with E-state index in [2.05, 4.69) is 0 Å². The first-order chi connectivity index (χ1) is 6.95. The Hall–Kier alpha value is -0.190. The molecule has 2 rings (SSSR count). The second-order valence-corrected chi connectivity index (χ2v) is 5.38. The van der Waals surface area contributed by atoms with Gasteiger partial charge in [0.25, 0.3) is 0 Å². The summed E-state index contributed by atoms with van der Waals surface area (Å²) >= 11 is 0.164. The van der Waals surface area contributed by atoms with Crippen LogP contribution < -0.4 is 0 Å². The standard InChI is InChI=1S/C10H12F4S/c11-9(12)7-5-3-1-2-4-6-8(7)15-10(9,13)14/h1-2,7-8H,3-6H2/t7-,8-/m1/s1. The van der Waals surface area contributed by atoms with Gasteiger partial charge in [0, 0.05) is 11.2 Å². The van der Waals surface area contributed by atoms with Crippen molar-refractivity contribution in [1.82, 2.24) is 0 Å². The quantitative estimate of drug-likeness (QED) is 0.454. The number of rotatable bonds is 0. The molecule has 0 aromatic carbocycles. The van der Waals surface area contributed by atoms with E-state index in [0.717, 1.165) is 0 Å². The Morgan fingerprint density at radius 3 is 2.27 bits per heavy atom. The lowest BCUT2D eigenvalue weighted by atomic mass is 9.88. The number of hydrogen-bond acceptors (Lipinski definition) is 1. The van der Waals surface area contributed by atoms with Crippen LogP contribution in [0.4, 0.5) is 17.6 Å². The molecule has 2 atom stereocenters. The summed E-state index contributed by atoms with van der Waals surface area (Å²) in [5, 5.41) is -4.48. The Bertz CT molecular complexity index is 275. The van der Waals surface area contributed by atoms with Gasteiger partial charge in [0.2, 0.25) is 0 Å². The highest BCUT2D eigenvalue weighted by Gasteiger charge is 2.69. The molecule has 1 heterocycles. The third-order valence-electron chi connectivity index (χ3n) is 3.03. The van der Waals surface area contributed by atoms with Gasteiger partial charge in [-0.2, -0.15) is 17.6 Å². The number of alkyl halides is 4. The van der Waals surface area contributed by atoms with Crippen molar-refractivity contribution < 1.29 is 17.6 Å². The minimum Gasteiger partial charge on any atom is -0.198 e. The van der Waals surface area contributed by atoms with Crippen LogP contribution in [0.2, 0.25) is 0 Å². The van der Waals surface area contributed by atoms with Crippen LogP contribution in [-0.4, -0.2) is 16.4 Å². The minimum absolute atomic E-state index is 0.163. The summed E-state index contributed by atoms with van der Waals surface area (Å²) in [5.41, 5.74) is 0. The van der Waals surface area contributed by atoms with E-state index >= 15 is 0 Å². The summed E-state index contributed by atoms with van der Waals surface area (Å²) in [6.45, 7) is 0. The Kier molecular flexibility index (Phi) is 2.77. The summed E-state index contributed by atoms with van der Waals surface area (Å²) < 4.78 is 52.9. The highest BCUT2D eigenvalue weighted by Crippen LogP contribution is 2.60. The molecule has 0 aromatic heterocycles. The zero-order valence-electron chi connectivity index (χ0n) is 8.06. The molecule has 86 valence electrons. The summed E-state index contributed by atoms with van der Waals surface area (Å²) in [5.74, 6) is -5.00. The van der Waals surface area contributed by atoms with E-state index in [1.54, 1.807) is 0 Å². The molecule has 1 aliphatic heterocycles. The number of fused-ring (bicyclic) bond motifs is 1. The van der Waals surface area contributed by atoms with Crippen LogP contribution in [0.1, 0.15) is 25.7 Å². The molecule has 0 unspecified atom stereocenters. The van der Waals surface area contributed by atoms with Crippen LogP contribution in [0.3, 0.4) is 0 Å². The van der Waals surface area contributed by atoms with Gasteiger partial charge < -0.3 is 0 Å². The first-order valence-corrected chi connectivity index (χ1v) is 5.91. The molecule has 0 bridgehead atoms. The van der Waals surface area contributed by atoms with Crippen molar-refractivity contribution in [2.75, 3.05) is 0 Å². The van der Waals surface area contributed by atoms with E-state index < -0.39 is 22.3 Å². The fraction of sp³-hybridized carbons (Fsp3) is 0.800. The smallest absolute Gasteiger partial charge is 0.198 e. The Morgan fingerprint density at radius 2 is 1.60 bits per heavy atom. The number of allylic oxidation sites excluding steroid dienone is 2. The molecule has 1 fully saturated rings. The number of hydrogen-bond donors (Lipinski definition) is 0. The molecule has 0 amide bonds. The highest BCUT2D eigenvalue weighted by atomic mass is 32.2. The summed E-state index contributed by atoms with van der Waals surface area (Å²) in [6, 6.07) is 0. The van der Waals surface area contributed by atoms with Crippen molar-refractivity contribution in [3.63, 3.8) is 0 Å². The van der Waals surface area contributed by atoms with E-state index in [4.69, 9.17) is 0 Å². The van der Waals surface area contributed by atoms with Crippen LogP contribution in [0.5, 0.6) is 0 Å². The Morgan fingerprint density at radius 1 is 1.00 bits per heavy atom. The average molecular weight is 240 g/mol. The van der Waals surface area contributed by atoms with Crippen molar-refractivity contribution in [1.29, 1.82) is 0 Å². The second-order valence-electron chi connectivity index (χ2n) is 4.03. The maximum Gasteiger partial charge on any atom is 0.356 e. The largest absolute Gasteiger partial charge is 0.356 e. The van der Waals surface area contributed by atoms with Crippen molar-refractivity contribution in [2.24, 2.45) is 5.92 Å². The lowest BCUT2D eigenvalue weighted by Gasteiger charge is -2.24. The molecule has 0 saturated carbocycles. The lowest BCUT2D eigenvalue weighted by Crippen LogP contribution is -2.39. The summed E-state index contributed by atoms with van der Waals surface area (Å²) in [7, 11) is 0. The minimum atomic E-state index is -3.88. The average Bonchev–Trinajstić information content (AvgIpc) is 2.22. The molecule has 1 aliphatic carbocycles. The van der Waals surface area contributed by atoms with Crippen LogP contribution in [0, 0.1) is 5.92 Å². The van der Waals surface area contributed by atoms with Gasteiger partial charge in [-0.3, -0.25) is 0 Å². The molecule has 0 aromatic rings. The van der Waals surface area contributed by atoms with E-state index in [0.29, 0.717) is 19.3 Å². The number of halogens is 4. The fourth-order valence-electron chi connectivity index (χ4n) is 2.20. The molecule has 0 radical (unpaired) electrons. The maximum atomic E-state index is 13.4. The SMILES string of the molecule is FC1(F)S[C@@H]2CCC=CCC[C@H]2C1(F)F. The molecule has 2 aliphatic rings. The third kappa shape index (κ3) is 1.79. The summed E-state index contributed by atoms with van der Waals surface area (Å²) in [6.07, 6.45) is 5.40. The maximum absolute atomic E-state index is 13.4. The fourth-order valence-corrected chi connectivity index (χ4v) is 3.61. The van der Waals surface area contributed by atoms with Gasteiger partial charge in [0.1, 0.15) is 0 Å². The van der Waals surface area contributed by atoms with Gasteiger partial charge >= 0.3 is 11.2 Å². The van der Waals surface area contributed by atoms with Crippen LogP contribution in [0.15, 0.2) is 12.2 Å². The molecule has 0 N–H and O–H groups in total. The van der Waals surface area contributed by atoms with Crippen LogP contribution >= 0.6 is 11.8 Å².